The highest BCUT2D eigenvalue weighted by atomic mass is 16.5. The maximum absolute atomic E-state index is 5.40. The van der Waals surface area contributed by atoms with Gasteiger partial charge >= 0.3 is 6.01 Å². The van der Waals surface area contributed by atoms with E-state index in [1.165, 1.54) is 0 Å². The van der Waals surface area contributed by atoms with Crippen molar-refractivity contribution in [3.05, 3.63) is 0 Å². The van der Waals surface area contributed by atoms with Gasteiger partial charge < -0.3 is 19.7 Å². The number of hydrogen-bond acceptors (Lipinski definition) is 7. The van der Waals surface area contributed by atoms with Crippen LogP contribution in [0.5, 0.6) is 6.01 Å². The second-order valence-corrected chi connectivity index (χ2v) is 4.14. The van der Waals surface area contributed by atoms with Crippen molar-refractivity contribution in [3.63, 3.8) is 0 Å². The van der Waals surface area contributed by atoms with Crippen molar-refractivity contribution in [1.82, 2.24) is 15.0 Å². The van der Waals surface area contributed by atoms with Crippen LogP contribution in [0.2, 0.25) is 0 Å². The first-order valence-electron chi connectivity index (χ1n) is 6.02. The topological polar surface area (TPSA) is 72.4 Å². The van der Waals surface area contributed by atoms with Crippen LogP contribution in [-0.4, -0.2) is 55.4 Å². The van der Waals surface area contributed by atoms with Crippen LogP contribution in [-0.2, 0) is 4.74 Å². The average Bonchev–Trinajstić information content (AvgIpc) is 2.46. The third-order valence-corrected chi connectivity index (χ3v) is 3.00. The maximum Gasteiger partial charge on any atom is 0.322 e. The molecule has 2 heterocycles. The zero-order chi connectivity index (χ0) is 13.0. The second kappa shape index (κ2) is 5.81. The van der Waals surface area contributed by atoms with E-state index < -0.39 is 0 Å². The molecule has 0 spiro atoms. The summed E-state index contributed by atoms with van der Waals surface area (Å²) < 4.78 is 10.5. The van der Waals surface area contributed by atoms with E-state index in [1.807, 2.05) is 0 Å². The Morgan fingerprint density at radius 1 is 1.28 bits per heavy atom. The second-order valence-electron chi connectivity index (χ2n) is 4.14. The predicted octanol–water partition coefficient (Wildman–Crippen LogP) is 0.537. The van der Waals surface area contributed by atoms with Gasteiger partial charge in [-0.3, -0.25) is 0 Å². The molecule has 1 fully saturated rings. The Morgan fingerprint density at radius 2 is 2.11 bits per heavy atom. The van der Waals surface area contributed by atoms with Crippen LogP contribution >= 0.6 is 0 Å². The smallest absolute Gasteiger partial charge is 0.322 e. The monoisotopic (exact) mass is 253 g/mol. The number of nitrogens with one attached hydrogen (secondary N) is 1. The lowest BCUT2D eigenvalue weighted by molar-refractivity contribution is 0.0888. The Hall–Kier alpha value is -1.63. The molecule has 1 saturated heterocycles. The van der Waals surface area contributed by atoms with Gasteiger partial charge in [-0.15, -0.1) is 0 Å². The highest BCUT2D eigenvalue weighted by Crippen LogP contribution is 2.20. The molecule has 1 aromatic rings. The molecule has 0 amide bonds. The fourth-order valence-corrected chi connectivity index (χ4v) is 2.00. The van der Waals surface area contributed by atoms with E-state index >= 15 is 0 Å². The molecule has 1 aliphatic rings. The number of rotatable bonds is 4. The summed E-state index contributed by atoms with van der Waals surface area (Å²) >= 11 is 0. The van der Waals surface area contributed by atoms with E-state index in [9.17, 15) is 0 Å². The predicted molar refractivity (Wildman–Crippen MR) is 68.2 cm³/mol. The first-order chi connectivity index (χ1) is 8.76. The molecule has 0 saturated carbocycles. The third-order valence-electron chi connectivity index (χ3n) is 3.00. The van der Waals surface area contributed by atoms with E-state index in [1.54, 1.807) is 21.3 Å². The summed E-state index contributed by atoms with van der Waals surface area (Å²) in [6.45, 7) is 1.73. The van der Waals surface area contributed by atoms with E-state index in [4.69, 9.17) is 9.47 Å². The lowest BCUT2D eigenvalue weighted by Crippen LogP contribution is -2.40. The molecule has 1 aliphatic heterocycles. The van der Waals surface area contributed by atoms with Gasteiger partial charge in [-0.1, -0.05) is 0 Å². The van der Waals surface area contributed by atoms with E-state index in [0.29, 0.717) is 17.9 Å². The molecule has 0 aliphatic carbocycles. The number of hydrogen-bond donors (Lipinski definition) is 1. The highest BCUT2D eigenvalue weighted by molar-refractivity contribution is 5.38. The summed E-state index contributed by atoms with van der Waals surface area (Å²) in [7, 11) is 5.06. The summed E-state index contributed by atoms with van der Waals surface area (Å²) in [5.74, 6) is 1.14. The van der Waals surface area contributed by atoms with Gasteiger partial charge in [0.2, 0.25) is 11.9 Å². The molecule has 7 nitrogen and oxygen atoms in total. The van der Waals surface area contributed by atoms with Crippen LogP contribution in [0.15, 0.2) is 0 Å². The first kappa shape index (κ1) is 12.8. The largest absolute Gasteiger partial charge is 0.467 e. The van der Waals surface area contributed by atoms with Crippen molar-refractivity contribution in [2.45, 2.75) is 18.9 Å². The summed E-state index contributed by atoms with van der Waals surface area (Å²) in [5, 5.41) is 2.91. The summed E-state index contributed by atoms with van der Waals surface area (Å²) in [6.07, 6.45) is 2.38. The van der Waals surface area contributed by atoms with Crippen molar-refractivity contribution in [1.29, 1.82) is 0 Å². The number of aromatic nitrogens is 3. The Balaban J connectivity index is 2.20. The Labute approximate surface area is 107 Å². The van der Waals surface area contributed by atoms with Crippen LogP contribution in [0, 0.1) is 0 Å². The molecular formula is C11H19N5O2. The fourth-order valence-electron chi connectivity index (χ4n) is 2.00. The van der Waals surface area contributed by atoms with Gasteiger partial charge in [0.05, 0.1) is 13.2 Å². The minimum atomic E-state index is 0.236. The third kappa shape index (κ3) is 2.79. The molecule has 1 aromatic heterocycles. The van der Waals surface area contributed by atoms with Gasteiger partial charge in [0.1, 0.15) is 0 Å². The van der Waals surface area contributed by atoms with Crippen molar-refractivity contribution in [2.24, 2.45) is 0 Å². The van der Waals surface area contributed by atoms with Crippen molar-refractivity contribution in [3.8, 4) is 6.01 Å². The number of piperidine rings is 1. The van der Waals surface area contributed by atoms with Crippen LogP contribution < -0.4 is 15.0 Å². The summed E-state index contributed by atoms with van der Waals surface area (Å²) in [6, 6.07) is 0.323. The quantitative estimate of drug-likeness (QED) is 0.839. The van der Waals surface area contributed by atoms with E-state index in [-0.39, 0.29) is 6.10 Å². The highest BCUT2D eigenvalue weighted by Gasteiger charge is 2.22. The van der Waals surface area contributed by atoms with Gasteiger partial charge in [0.25, 0.3) is 0 Å². The minimum Gasteiger partial charge on any atom is -0.467 e. The molecule has 100 valence electrons. The van der Waals surface area contributed by atoms with Gasteiger partial charge in [-0.05, 0) is 12.8 Å². The number of nitrogens with zero attached hydrogens (tertiary/aromatic N) is 4. The minimum absolute atomic E-state index is 0.236. The van der Waals surface area contributed by atoms with Crippen LogP contribution in [0.3, 0.4) is 0 Å². The Bertz CT molecular complexity index is 379. The zero-order valence-electron chi connectivity index (χ0n) is 11.0. The van der Waals surface area contributed by atoms with Crippen molar-refractivity contribution in [2.75, 3.05) is 44.6 Å². The Kier molecular flexibility index (Phi) is 4.14. The van der Waals surface area contributed by atoms with E-state index in [2.05, 4.69) is 25.2 Å². The van der Waals surface area contributed by atoms with Crippen LogP contribution in [0.4, 0.5) is 11.9 Å². The van der Waals surface area contributed by atoms with Gasteiger partial charge in [-0.2, -0.15) is 15.0 Å². The zero-order valence-corrected chi connectivity index (χ0v) is 11.0. The lowest BCUT2D eigenvalue weighted by atomic mass is 10.1. The molecular weight excluding hydrogens is 234 g/mol. The van der Waals surface area contributed by atoms with Crippen LogP contribution in [0.25, 0.3) is 0 Å². The fraction of sp³-hybridized carbons (Fsp3) is 0.727. The molecule has 7 heteroatoms. The Morgan fingerprint density at radius 3 is 2.78 bits per heavy atom. The molecule has 0 bridgehead atoms. The molecule has 1 N–H and O–H groups in total. The SMILES string of the molecule is CNc1nc(OC)nc(N2CCCC(OC)C2)n1. The van der Waals surface area contributed by atoms with Crippen molar-refractivity contribution >= 4 is 11.9 Å². The number of anilines is 2. The van der Waals surface area contributed by atoms with Gasteiger partial charge in [0, 0.05) is 27.2 Å². The standard InChI is InChI=1S/C11H19N5O2/c1-12-9-13-10(15-11(14-9)18-3)16-6-4-5-8(7-16)17-2/h8H,4-7H2,1-3H3,(H,12,13,14,15). The molecule has 1 atom stereocenters. The van der Waals surface area contributed by atoms with Gasteiger partial charge in [0.15, 0.2) is 0 Å². The first-order valence-corrected chi connectivity index (χ1v) is 6.02. The average molecular weight is 253 g/mol. The molecule has 0 radical (unpaired) electrons. The number of ether oxygens (including phenoxy) is 2. The molecule has 2 rings (SSSR count). The summed E-state index contributed by atoms with van der Waals surface area (Å²) in [5.41, 5.74) is 0. The van der Waals surface area contributed by atoms with Crippen LogP contribution in [0.1, 0.15) is 12.8 Å². The molecule has 1 unspecified atom stereocenters. The maximum atomic E-state index is 5.40. The lowest BCUT2D eigenvalue weighted by Gasteiger charge is -2.31. The summed E-state index contributed by atoms with van der Waals surface area (Å²) in [4.78, 5) is 14.8. The van der Waals surface area contributed by atoms with Gasteiger partial charge in [-0.25, -0.2) is 0 Å². The van der Waals surface area contributed by atoms with Crippen molar-refractivity contribution < 1.29 is 9.47 Å². The number of methoxy groups -OCH3 is 2. The molecule has 18 heavy (non-hydrogen) atoms. The normalized spacial score (nSPS) is 19.7. The molecule has 0 aromatic carbocycles. The van der Waals surface area contributed by atoms with E-state index in [0.717, 1.165) is 25.9 Å².